The predicted molar refractivity (Wildman–Crippen MR) is 95.9 cm³/mol. The number of urea groups is 1. The summed E-state index contributed by atoms with van der Waals surface area (Å²) in [7, 11) is 0. The Morgan fingerprint density at radius 2 is 1.15 bits per heavy atom. The van der Waals surface area contributed by atoms with Gasteiger partial charge in [-0.1, -0.05) is 36.4 Å². The second-order valence-electron chi connectivity index (χ2n) is 5.93. The number of hydrogen-bond donors (Lipinski definition) is 2. The predicted octanol–water partition coefficient (Wildman–Crippen LogP) is 1.84. The van der Waals surface area contributed by atoms with E-state index >= 15 is 0 Å². The lowest BCUT2D eigenvalue weighted by atomic mass is 10.1. The molecule has 0 aliphatic carbocycles. The van der Waals surface area contributed by atoms with Gasteiger partial charge in [0.2, 0.25) is 12.6 Å². The van der Waals surface area contributed by atoms with Crippen LogP contribution in [0.1, 0.15) is 11.1 Å². The van der Waals surface area contributed by atoms with Crippen molar-refractivity contribution in [3.05, 3.63) is 59.7 Å². The molecule has 2 atom stereocenters. The number of para-hydroxylation sites is 2. The number of fused-ring (bicyclic) bond motifs is 2. The summed E-state index contributed by atoms with van der Waals surface area (Å²) in [4.78, 5) is 38.5. The molecule has 2 aliphatic heterocycles. The van der Waals surface area contributed by atoms with Crippen LogP contribution in [0.2, 0.25) is 0 Å². The number of rotatable bonds is 2. The highest BCUT2D eigenvalue weighted by molar-refractivity contribution is 6.31. The van der Waals surface area contributed by atoms with Gasteiger partial charge in [-0.2, -0.15) is 0 Å². The van der Waals surface area contributed by atoms with Gasteiger partial charge in [0.15, 0.2) is 0 Å². The summed E-state index contributed by atoms with van der Waals surface area (Å²) in [6.45, 7) is 0. The van der Waals surface area contributed by atoms with Crippen molar-refractivity contribution in [1.29, 1.82) is 10.8 Å². The zero-order valence-corrected chi connectivity index (χ0v) is 13.4. The molecule has 2 heterocycles. The second kappa shape index (κ2) is 5.73. The minimum Gasteiger partial charge on any atom is -0.302 e. The molecule has 0 aromatic heterocycles. The van der Waals surface area contributed by atoms with Crippen molar-refractivity contribution in [3.63, 3.8) is 0 Å². The minimum atomic E-state index is -1.20. The molecule has 7 heteroatoms. The first-order valence-electron chi connectivity index (χ1n) is 7.83. The normalized spacial score (nSPS) is 20.8. The summed E-state index contributed by atoms with van der Waals surface area (Å²) in [5.41, 5.74) is 1.66. The number of nitrogens with zero attached hydrogens (tertiary/aromatic N) is 2. The Hall–Kier alpha value is -3.61. The van der Waals surface area contributed by atoms with Crippen LogP contribution in [0.25, 0.3) is 0 Å². The molecule has 0 fully saturated rings. The molecule has 2 radical (unpaired) electrons. The van der Waals surface area contributed by atoms with Gasteiger partial charge in [-0.3, -0.25) is 19.4 Å². The minimum absolute atomic E-state index is 0.0295. The fraction of sp³-hybridized carbons (Fsp3) is 0.105. The number of carbonyl (C=O) groups is 1. The van der Waals surface area contributed by atoms with Crippen molar-refractivity contribution in [2.45, 2.75) is 12.1 Å². The summed E-state index contributed by atoms with van der Waals surface area (Å²) in [5, 5.41) is 16.3. The van der Waals surface area contributed by atoms with Crippen LogP contribution in [-0.2, 0) is 9.59 Å². The summed E-state index contributed by atoms with van der Waals surface area (Å²) < 4.78 is 0. The first-order chi connectivity index (χ1) is 12.6. The van der Waals surface area contributed by atoms with Crippen LogP contribution in [0, 0.1) is 10.8 Å². The number of hydrogen-bond acceptors (Lipinski definition) is 5. The topological polar surface area (TPSA) is 105 Å². The Morgan fingerprint density at radius 1 is 0.769 bits per heavy atom. The van der Waals surface area contributed by atoms with Crippen molar-refractivity contribution < 1.29 is 14.4 Å². The molecule has 26 heavy (non-hydrogen) atoms. The maximum absolute atomic E-state index is 13.3. The van der Waals surface area contributed by atoms with Gasteiger partial charge in [0, 0.05) is 11.1 Å². The highest BCUT2D eigenvalue weighted by Gasteiger charge is 2.46. The molecular weight excluding hydrogens is 332 g/mol. The highest BCUT2D eigenvalue weighted by atomic mass is 16.2. The second-order valence-corrected chi connectivity index (χ2v) is 5.93. The number of amides is 2. The van der Waals surface area contributed by atoms with Crippen LogP contribution in [0.5, 0.6) is 0 Å². The molecule has 2 aromatic rings. The quantitative estimate of drug-likeness (QED) is 0.868. The Kier molecular flexibility index (Phi) is 3.50. The summed E-state index contributed by atoms with van der Waals surface area (Å²) in [6.07, 6.45) is 3.47. The highest BCUT2D eigenvalue weighted by Crippen LogP contribution is 2.37. The lowest BCUT2D eigenvalue weighted by molar-refractivity contribution is 0.251. The third kappa shape index (κ3) is 1.97. The molecular formula is C19H12N4O3. The lowest BCUT2D eigenvalue weighted by Crippen LogP contribution is -2.52. The third-order valence-corrected chi connectivity index (χ3v) is 4.61. The number of anilines is 2. The van der Waals surface area contributed by atoms with Gasteiger partial charge < -0.3 is 10.8 Å². The van der Waals surface area contributed by atoms with Crippen LogP contribution >= 0.6 is 0 Å². The van der Waals surface area contributed by atoms with Crippen LogP contribution < -0.4 is 9.80 Å². The molecule has 2 aromatic carbocycles. The van der Waals surface area contributed by atoms with Gasteiger partial charge in [-0.15, -0.1) is 0 Å². The fourth-order valence-electron chi connectivity index (χ4n) is 3.42. The molecule has 2 amide bonds. The smallest absolute Gasteiger partial charge is 0.302 e. The first kappa shape index (κ1) is 15.9. The molecule has 0 saturated carbocycles. The van der Waals surface area contributed by atoms with Gasteiger partial charge in [0.05, 0.1) is 22.8 Å². The van der Waals surface area contributed by atoms with E-state index in [4.69, 9.17) is 10.8 Å². The van der Waals surface area contributed by atoms with Gasteiger partial charge in [-0.05, 0) is 12.1 Å². The fourth-order valence-corrected chi connectivity index (χ4v) is 3.42. The molecule has 2 unspecified atom stereocenters. The monoisotopic (exact) mass is 344 g/mol. The van der Waals surface area contributed by atoms with E-state index in [1.165, 1.54) is 0 Å². The first-order valence-corrected chi connectivity index (χ1v) is 7.83. The van der Waals surface area contributed by atoms with E-state index in [0.717, 1.165) is 9.80 Å². The lowest BCUT2D eigenvalue weighted by Gasteiger charge is -2.29. The van der Waals surface area contributed by atoms with Gasteiger partial charge in [0.25, 0.3) is 0 Å². The van der Waals surface area contributed by atoms with Crippen molar-refractivity contribution in [2.75, 3.05) is 9.80 Å². The molecule has 0 bridgehead atoms. The Balaban J connectivity index is 1.85. The van der Waals surface area contributed by atoms with E-state index in [0.29, 0.717) is 22.5 Å². The van der Waals surface area contributed by atoms with Crippen molar-refractivity contribution >= 4 is 41.4 Å². The molecule has 7 nitrogen and oxygen atoms in total. The number of nitrogens with one attached hydrogen (secondary N) is 2. The van der Waals surface area contributed by atoms with Crippen LogP contribution in [-0.4, -0.2) is 42.1 Å². The van der Waals surface area contributed by atoms with E-state index < -0.39 is 18.1 Å². The Bertz CT molecular complexity index is 907. The SMILES string of the molecule is N=C1c2ccccc2N(C(=O)N2c3ccccc3C(=N)C2[C]=O)C1[C]=O. The van der Waals surface area contributed by atoms with Crippen LogP contribution in [0.3, 0.4) is 0 Å². The van der Waals surface area contributed by atoms with Crippen molar-refractivity contribution in [2.24, 2.45) is 0 Å². The van der Waals surface area contributed by atoms with Crippen molar-refractivity contribution in [1.82, 2.24) is 0 Å². The Labute approximate surface area is 148 Å². The van der Waals surface area contributed by atoms with E-state index in [2.05, 4.69) is 0 Å². The molecule has 0 saturated heterocycles. The van der Waals surface area contributed by atoms with E-state index in [9.17, 15) is 14.4 Å². The maximum atomic E-state index is 13.3. The van der Waals surface area contributed by atoms with Crippen LogP contribution in [0.4, 0.5) is 16.2 Å². The Morgan fingerprint density at radius 3 is 1.54 bits per heavy atom. The number of benzene rings is 2. The average Bonchev–Trinajstić information content (AvgIpc) is 3.13. The van der Waals surface area contributed by atoms with Crippen molar-refractivity contribution in [3.8, 4) is 0 Å². The molecule has 126 valence electrons. The van der Waals surface area contributed by atoms with E-state index in [1.54, 1.807) is 61.1 Å². The van der Waals surface area contributed by atoms with Gasteiger partial charge in [-0.25, -0.2) is 4.79 Å². The summed E-state index contributed by atoms with van der Waals surface area (Å²) >= 11 is 0. The molecule has 0 spiro atoms. The van der Waals surface area contributed by atoms with Gasteiger partial charge >= 0.3 is 6.03 Å². The molecule has 2 aliphatic rings. The third-order valence-electron chi connectivity index (χ3n) is 4.61. The van der Waals surface area contributed by atoms with Crippen LogP contribution in [0.15, 0.2) is 48.5 Å². The van der Waals surface area contributed by atoms with E-state index in [-0.39, 0.29) is 11.4 Å². The average molecular weight is 344 g/mol. The number of carbonyl (C=O) groups excluding carboxylic acids is 3. The molecule has 2 N–H and O–H groups in total. The largest absolute Gasteiger partial charge is 0.331 e. The standard InChI is InChI=1S/C19H12N4O3/c20-17-11-5-1-3-7-13(11)22(15(17)9-24)19(26)23-14-8-4-2-6-12(14)18(21)16(23)10-25/h1-8,15-16,20-21H. The summed E-state index contributed by atoms with van der Waals surface area (Å²) in [5.74, 6) is 0. The molecule has 4 rings (SSSR count). The maximum Gasteiger partial charge on any atom is 0.331 e. The van der Waals surface area contributed by atoms with Gasteiger partial charge in [0.1, 0.15) is 12.1 Å². The zero-order valence-electron chi connectivity index (χ0n) is 13.4. The zero-order chi connectivity index (χ0) is 18.4. The van der Waals surface area contributed by atoms with E-state index in [1.807, 2.05) is 0 Å². The summed E-state index contributed by atoms with van der Waals surface area (Å²) in [6, 6.07) is 10.3.